The van der Waals surface area contributed by atoms with Crippen LogP contribution >= 0.6 is 11.6 Å². The molecule has 2 rings (SSSR count). The number of carbonyl (C=O) groups excluding carboxylic acids is 2. The van der Waals surface area contributed by atoms with Gasteiger partial charge in [0.25, 0.3) is 0 Å². The van der Waals surface area contributed by atoms with Gasteiger partial charge in [0.1, 0.15) is 12.2 Å². The third-order valence-electron chi connectivity index (χ3n) is 3.34. The van der Waals surface area contributed by atoms with E-state index in [9.17, 15) is 9.59 Å². The highest BCUT2D eigenvalue weighted by atomic mass is 35.5. The van der Waals surface area contributed by atoms with Gasteiger partial charge < -0.3 is 15.4 Å². The normalized spacial score (nSPS) is 10.1. The van der Waals surface area contributed by atoms with Crippen molar-refractivity contribution < 1.29 is 14.3 Å². The highest BCUT2D eigenvalue weighted by Gasteiger charge is 2.12. The summed E-state index contributed by atoms with van der Waals surface area (Å²) < 4.78 is 5.15. The van der Waals surface area contributed by atoms with Crippen LogP contribution in [0.5, 0.6) is 5.75 Å². The fourth-order valence-corrected chi connectivity index (χ4v) is 2.34. The smallest absolute Gasteiger partial charge is 0.233 e. The molecule has 2 N–H and O–H groups in total. The van der Waals surface area contributed by atoms with E-state index >= 15 is 0 Å². The number of nitrogens with one attached hydrogen (secondary N) is 2. The molecule has 0 aliphatic rings. The molecular weight excluding hydrogens is 328 g/mol. The summed E-state index contributed by atoms with van der Waals surface area (Å²) in [7, 11) is 1.50. The van der Waals surface area contributed by atoms with E-state index in [2.05, 4.69) is 10.6 Å². The molecule has 0 bridgehead atoms. The number of anilines is 1. The Morgan fingerprint density at radius 1 is 1.08 bits per heavy atom. The Labute approximate surface area is 146 Å². The largest absolute Gasteiger partial charge is 0.495 e. The Kier molecular flexibility index (Phi) is 6.63. The first kappa shape index (κ1) is 17.8. The van der Waals surface area contributed by atoms with Gasteiger partial charge in [-0.3, -0.25) is 9.59 Å². The zero-order valence-electron chi connectivity index (χ0n) is 13.3. The van der Waals surface area contributed by atoms with Crippen molar-refractivity contribution in [1.29, 1.82) is 0 Å². The van der Waals surface area contributed by atoms with Crippen LogP contribution in [-0.4, -0.2) is 25.5 Å². The van der Waals surface area contributed by atoms with Crippen molar-refractivity contribution in [2.75, 3.05) is 19.0 Å². The van der Waals surface area contributed by atoms with Crippen molar-refractivity contribution in [1.82, 2.24) is 5.32 Å². The molecule has 2 aromatic carbocycles. The fourth-order valence-electron chi connectivity index (χ4n) is 2.17. The van der Waals surface area contributed by atoms with Crippen LogP contribution in [-0.2, 0) is 16.0 Å². The summed E-state index contributed by atoms with van der Waals surface area (Å²) in [6.07, 6.45) is 0.459. The maximum atomic E-state index is 12.0. The van der Waals surface area contributed by atoms with Crippen LogP contribution in [0.25, 0.3) is 0 Å². The van der Waals surface area contributed by atoms with E-state index in [4.69, 9.17) is 16.3 Å². The van der Waals surface area contributed by atoms with E-state index in [1.54, 1.807) is 18.2 Å². The monoisotopic (exact) mass is 346 g/mol. The zero-order chi connectivity index (χ0) is 17.4. The molecule has 0 radical (unpaired) electrons. The molecule has 0 saturated carbocycles. The summed E-state index contributed by atoms with van der Waals surface area (Å²) in [5, 5.41) is 5.83. The molecule has 2 amide bonds. The SMILES string of the molecule is COc1ccc(Cl)cc1NC(=O)CC(=O)NCCc1ccccc1. The van der Waals surface area contributed by atoms with Crippen molar-refractivity contribution in [3.63, 3.8) is 0 Å². The van der Waals surface area contributed by atoms with Gasteiger partial charge in [0.2, 0.25) is 11.8 Å². The topological polar surface area (TPSA) is 67.4 Å². The molecule has 0 spiro atoms. The number of hydrogen-bond donors (Lipinski definition) is 2. The Bertz CT molecular complexity index is 705. The number of hydrogen-bond acceptors (Lipinski definition) is 3. The summed E-state index contributed by atoms with van der Waals surface area (Å²) in [6, 6.07) is 14.7. The lowest BCUT2D eigenvalue weighted by atomic mass is 10.1. The molecule has 5 nitrogen and oxygen atoms in total. The van der Waals surface area contributed by atoms with E-state index in [1.807, 2.05) is 30.3 Å². The minimum atomic E-state index is -0.423. The van der Waals surface area contributed by atoms with Crippen molar-refractivity contribution in [2.45, 2.75) is 12.8 Å². The number of halogens is 1. The Morgan fingerprint density at radius 2 is 1.83 bits per heavy atom. The van der Waals surface area contributed by atoms with Crippen molar-refractivity contribution >= 4 is 29.1 Å². The molecule has 24 heavy (non-hydrogen) atoms. The number of ether oxygens (including phenoxy) is 1. The first-order valence-electron chi connectivity index (χ1n) is 7.52. The average molecular weight is 347 g/mol. The Hall–Kier alpha value is -2.53. The molecule has 126 valence electrons. The molecule has 0 aromatic heterocycles. The second-order valence-corrected chi connectivity index (χ2v) is 5.59. The summed E-state index contributed by atoms with van der Waals surface area (Å²) in [6.45, 7) is 0.483. The summed E-state index contributed by atoms with van der Waals surface area (Å²) in [5.41, 5.74) is 1.57. The molecule has 2 aromatic rings. The lowest BCUT2D eigenvalue weighted by molar-refractivity contribution is -0.126. The van der Waals surface area contributed by atoms with Crippen molar-refractivity contribution in [2.24, 2.45) is 0 Å². The lowest BCUT2D eigenvalue weighted by Gasteiger charge is -2.10. The van der Waals surface area contributed by atoms with Crippen molar-refractivity contribution in [3.05, 3.63) is 59.1 Å². The predicted molar refractivity (Wildman–Crippen MR) is 94.4 cm³/mol. The van der Waals surface area contributed by atoms with E-state index in [0.29, 0.717) is 23.0 Å². The van der Waals surface area contributed by atoms with Crippen LogP contribution in [0.15, 0.2) is 48.5 Å². The molecule has 0 aliphatic carbocycles. The number of carbonyl (C=O) groups is 2. The molecule has 0 unspecified atom stereocenters. The summed E-state index contributed by atoms with van der Waals surface area (Å²) in [5.74, 6) is -0.269. The van der Waals surface area contributed by atoms with Gasteiger partial charge in [-0.2, -0.15) is 0 Å². The summed E-state index contributed by atoms with van der Waals surface area (Å²) in [4.78, 5) is 23.8. The van der Waals surface area contributed by atoms with Gasteiger partial charge in [-0.25, -0.2) is 0 Å². The maximum Gasteiger partial charge on any atom is 0.233 e. The van der Waals surface area contributed by atoms with Gasteiger partial charge >= 0.3 is 0 Å². The highest BCUT2D eigenvalue weighted by Crippen LogP contribution is 2.27. The van der Waals surface area contributed by atoms with Gasteiger partial charge in [0, 0.05) is 11.6 Å². The van der Waals surface area contributed by atoms with Crippen LogP contribution in [0.2, 0.25) is 5.02 Å². The van der Waals surface area contributed by atoms with E-state index in [1.165, 1.54) is 7.11 Å². The van der Waals surface area contributed by atoms with Gasteiger partial charge in [-0.1, -0.05) is 41.9 Å². The second kappa shape index (κ2) is 8.93. The lowest BCUT2D eigenvalue weighted by Crippen LogP contribution is -2.29. The maximum absolute atomic E-state index is 12.0. The number of benzene rings is 2. The molecule has 0 heterocycles. The number of rotatable bonds is 7. The molecule has 0 atom stereocenters. The van der Waals surface area contributed by atoms with Crippen LogP contribution in [0.1, 0.15) is 12.0 Å². The third-order valence-corrected chi connectivity index (χ3v) is 3.57. The standard InChI is InChI=1S/C18H19ClN2O3/c1-24-16-8-7-14(19)11-15(16)21-18(23)12-17(22)20-10-9-13-5-3-2-4-6-13/h2-8,11H,9-10,12H2,1H3,(H,20,22)(H,21,23). The van der Waals surface area contributed by atoms with Gasteiger partial charge in [0.05, 0.1) is 12.8 Å². The average Bonchev–Trinajstić information content (AvgIpc) is 2.56. The predicted octanol–water partition coefficient (Wildman–Crippen LogP) is 3.04. The molecule has 0 fully saturated rings. The fraction of sp³-hybridized carbons (Fsp3) is 0.222. The Balaban J connectivity index is 1.79. The number of amides is 2. The first-order valence-corrected chi connectivity index (χ1v) is 7.90. The molecule has 0 aliphatic heterocycles. The van der Waals surface area contributed by atoms with E-state index in [-0.39, 0.29) is 12.3 Å². The van der Waals surface area contributed by atoms with Gasteiger partial charge in [-0.05, 0) is 30.2 Å². The number of methoxy groups -OCH3 is 1. The van der Waals surface area contributed by atoms with Crippen LogP contribution in [0.4, 0.5) is 5.69 Å². The van der Waals surface area contributed by atoms with Crippen molar-refractivity contribution in [3.8, 4) is 5.75 Å². The molecular formula is C18H19ClN2O3. The van der Waals surface area contributed by atoms with E-state index in [0.717, 1.165) is 12.0 Å². The highest BCUT2D eigenvalue weighted by molar-refractivity contribution is 6.31. The van der Waals surface area contributed by atoms with E-state index < -0.39 is 5.91 Å². The second-order valence-electron chi connectivity index (χ2n) is 5.16. The van der Waals surface area contributed by atoms with Gasteiger partial charge in [-0.15, -0.1) is 0 Å². The van der Waals surface area contributed by atoms with Crippen LogP contribution in [0, 0.1) is 0 Å². The zero-order valence-corrected chi connectivity index (χ0v) is 14.1. The minimum Gasteiger partial charge on any atom is -0.495 e. The Morgan fingerprint density at radius 3 is 2.54 bits per heavy atom. The minimum absolute atomic E-state index is 0.259. The summed E-state index contributed by atoms with van der Waals surface area (Å²) >= 11 is 5.90. The van der Waals surface area contributed by atoms with Crippen LogP contribution in [0.3, 0.4) is 0 Å². The molecule has 6 heteroatoms. The van der Waals surface area contributed by atoms with Gasteiger partial charge in [0.15, 0.2) is 0 Å². The first-order chi connectivity index (χ1) is 11.6. The quantitative estimate of drug-likeness (QED) is 0.757. The third kappa shape index (κ3) is 5.59. The van der Waals surface area contributed by atoms with Crippen LogP contribution < -0.4 is 15.4 Å². The molecule has 0 saturated heterocycles.